The van der Waals surface area contributed by atoms with Crippen LogP contribution in [0.25, 0.3) is 0 Å². The lowest BCUT2D eigenvalue weighted by atomic mass is 9.92. The molecule has 1 heterocycles. The van der Waals surface area contributed by atoms with Gasteiger partial charge >= 0.3 is 5.97 Å². The molecule has 0 aromatic heterocycles. The Morgan fingerprint density at radius 2 is 2.31 bits per heavy atom. The smallest absolute Gasteiger partial charge is 0.306 e. The van der Waals surface area contributed by atoms with E-state index >= 15 is 0 Å². The number of hydrogen-bond acceptors (Lipinski definition) is 2. The fourth-order valence-corrected chi connectivity index (χ4v) is 3.35. The van der Waals surface area contributed by atoms with E-state index in [-0.39, 0.29) is 5.92 Å². The molecule has 0 saturated heterocycles. The summed E-state index contributed by atoms with van der Waals surface area (Å²) in [6.07, 6.45) is 1.76. The van der Waals surface area contributed by atoms with Crippen LogP contribution >= 0.6 is 11.8 Å². The molecule has 1 aliphatic heterocycles. The molecule has 2 atom stereocenters. The minimum absolute atomic E-state index is 0.224. The molecule has 0 radical (unpaired) electrons. The van der Waals surface area contributed by atoms with E-state index in [0.717, 1.165) is 18.6 Å². The highest BCUT2D eigenvalue weighted by Gasteiger charge is 2.23. The number of fused-ring (bicyclic) bond motifs is 1. The quantitative estimate of drug-likeness (QED) is 0.870. The van der Waals surface area contributed by atoms with Crippen molar-refractivity contribution in [2.24, 2.45) is 5.92 Å². The number of benzene rings is 1. The SMILES string of the molecule is CC(CCC1CSc2ccccc21)C(=O)O. The van der Waals surface area contributed by atoms with Gasteiger partial charge in [0, 0.05) is 10.6 Å². The molecule has 2 rings (SSSR count). The maximum absolute atomic E-state index is 10.7. The molecule has 0 bridgehead atoms. The van der Waals surface area contributed by atoms with E-state index in [4.69, 9.17) is 5.11 Å². The predicted molar refractivity (Wildman–Crippen MR) is 65.9 cm³/mol. The highest BCUT2D eigenvalue weighted by atomic mass is 32.2. The molecule has 2 unspecified atom stereocenters. The first-order chi connectivity index (χ1) is 7.68. The minimum Gasteiger partial charge on any atom is -0.481 e. The van der Waals surface area contributed by atoms with Gasteiger partial charge in [0.25, 0.3) is 0 Å². The molecule has 0 spiro atoms. The van der Waals surface area contributed by atoms with Gasteiger partial charge in [-0.15, -0.1) is 11.8 Å². The molecule has 2 nitrogen and oxygen atoms in total. The van der Waals surface area contributed by atoms with Crippen molar-refractivity contribution in [3.05, 3.63) is 29.8 Å². The van der Waals surface area contributed by atoms with Crippen molar-refractivity contribution in [3.8, 4) is 0 Å². The topological polar surface area (TPSA) is 37.3 Å². The number of carboxylic acid groups (broad SMARTS) is 1. The summed E-state index contributed by atoms with van der Waals surface area (Å²) < 4.78 is 0. The van der Waals surface area contributed by atoms with Gasteiger partial charge < -0.3 is 5.11 Å². The van der Waals surface area contributed by atoms with Gasteiger partial charge in [-0.2, -0.15) is 0 Å². The summed E-state index contributed by atoms with van der Waals surface area (Å²) >= 11 is 1.89. The Balaban J connectivity index is 1.96. The van der Waals surface area contributed by atoms with Crippen molar-refractivity contribution in [3.63, 3.8) is 0 Å². The van der Waals surface area contributed by atoms with Crippen LogP contribution in [-0.4, -0.2) is 16.8 Å². The zero-order valence-corrected chi connectivity index (χ0v) is 10.2. The third-order valence-corrected chi connectivity index (χ3v) is 4.42. The van der Waals surface area contributed by atoms with Gasteiger partial charge in [0.2, 0.25) is 0 Å². The van der Waals surface area contributed by atoms with E-state index in [1.54, 1.807) is 6.92 Å². The van der Waals surface area contributed by atoms with E-state index < -0.39 is 5.97 Å². The van der Waals surface area contributed by atoms with Crippen molar-refractivity contribution in [1.29, 1.82) is 0 Å². The summed E-state index contributed by atoms with van der Waals surface area (Å²) in [4.78, 5) is 12.1. The lowest BCUT2D eigenvalue weighted by molar-refractivity contribution is -0.141. The van der Waals surface area contributed by atoms with Crippen molar-refractivity contribution < 1.29 is 9.90 Å². The lowest BCUT2D eigenvalue weighted by Gasteiger charge is -2.12. The maximum atomic E-state index is 10.7. The second-order valence-electron chi connectivity index (χ2n) is 4.36. The molecule has 1 aromatic rings. The normalized spacial score (nSPS) is 20.4. The van der Waals surface area contributed by atoms with Gasteiger partial charge in [0.1, 0.15) is 0 Å². The van der Waals surface area contributed by atoms with E-state index in [9.17, 15) is 4.79 Å². The van der Waals surface area contributed by atoms with Crippen molar-refractivity contribution in [2.45, 2.75) is 30.6 Å². The third-order valence-electron chi connectivity index (χ3n) is 3.17. The van der Waals surface area contributed by atoms with Gasteiger partial charge in [0.05, 0.1) is 5.92 Å². The van der Waals surface area contributed by atoms with Gasteiger partial charge in [-0.05, 0) is 30.4 Å². The zero-order valence-electron chi connectivity index (χ0n) is 9.35. The molecule has 3 heteroatoms. The number of thioether (sulfide) groups is 1. The summed E-state index contributed by atoms with van der Waals surface area (Å²) in [7, 11) is 0. The van der Waals surface area contributed by atoms with Crippen LogP contribution in [0.4, 0.5) is 0 Å². The summed E-state index contributed by atoms with van der Waals surface area (Å²) in [5.74, 6) is 0.741. The molecular weight excluding hydrogens is 220 g/mol. The van der Waals surface area contributed by atoms with Crippen LogP contribution < -0.4 is 0 Å². The molecule has 0 saturated carbocycles. The fourth-order valence-electron chi connectivity index (χ4n) is 2.04. The first kappa shape index (κ1) is 11.5. The number of carbonyl (C=O) groups is 1. The number of rotatable bonds is 4. The largest absolute Gasteiger partial charge is 0.481 e. The Morgan fingerprint density at radius 1 is 1.56 bits per heavy atom. The summed E-state index contributed by atoms with van der Waals surface area (Å²) in [6, 6.07) is 8.46. The van der Waals surface area contributed by atoms with Gasteiger partial charge in [0.15, 0.2) is 0 Å². The van der Waals surface area contributed by atoms with E-state index in [1.165, 1.54) is 10.5 Å². The average Bonchev–Trinajstić information content (AvgIpc) is 2.69. The molecule has 1 N–H and O–H groups in total. The molecule has 1 aromatic carbocycles. The average molecular weight is 236 g/mol. The molecule has 0 aliphatic carbocycles. The molecule has 86 valence electrons. The Morgan fingerprint density at radius 3 is 3.06 bits per heavy atom. The Kier molecular flexibility index (Phi) is 3.54. The van der Waals surface area contributed by atoms with Gasteiger partial charge in [-0.25, -0.2) is 0 Å². The molecule has 0 fully saturated rings. The highest BCUT2D eigenvalue weighted by Crippen LogP contribution is 2.41. The fraction of sp³-hybridized carbons (Fsp3) is 0.462. The van der Waals surface area contributed by atoms with Crippen molar-refractivity contribution in [2.75, 3.05) is 5.75 Å². The first-order valence-electron chi connectivity index (χ1n) is 5.63. The molecule has 16 heavy (non-hydrogen) atoms. The van der Waals surface area contributed by atoms with E-state index in [1.807, 2.05) is 11.8 Å². The van der Waals surface area contributed by atoms with Crippen molar-refractivity contribution >= 4 is 17.7 Å². The third kappa shape index (κ3) is 2.40. The Hall–Kier alpha value is -0.960. The monoisotopic (exact) mass is 236 g/mol. The minimum atomic E-state index is -0.682. The van der Waals surface area contributed by atoms with E-state index in [2.05, 4.69) is 24.3 Å². The molecular formula is C13H16O2S. The van der Waals surface area contributed by atoms with Crippen LogP contribution in [-0.2, 0) is 4.79 Å². The van der Waals surface area contributed by atoms with Crippen LogP contribution in [0.2, 0.25) is 0 Å². The molecule has 1 aliphatic rings. The van der Waals surface area contributed by atoms with Crippen LogP contribution in [0, 0.1) is 5.92 Å². The van der Waals surface area contributed by atoms with Crippen LogP contribution in [0.3, 0.4) is 0 Å². The molecule has 0 amide bonds. The standard InChI is InChI=1S/C13H16O2S/c1-9(13(14)15)6-7-10-8-16-12-5-3-2-4-11(10)12/h2-5,9-10H,6-8H2,1H3,(H,14,15). The Bertz CT molecular complexity index is 389. The lowest BCUT2D eigenvalue weighted by Crippen LogP contribution is -2.11. The number of carboxylic acids is 1. The van der Waals surface area contributed by atoms with Crippen LogP contribution in [0.15, 0.2) is 29.2 Å². The zero-order chi connectivity index (χ0) is 11.5. The van der Waals surface area contributed by atoms with E-state index in [0.29, 0.717) is 5.92 Å². The number of aliphatic carboxylic acids is 1. The Labute approximate surface area is 100 Å². The van der Waals surface area contributed by atoms with Crippen LogP contribution in [0.1, 0.15) is 31.2 Å². The first-order valence-corrected chi connectivity index (χ1v) is 6.61. The second-order valence-corrected chi connectivity index (χ2v) is 5.42. The van der Waals surface area contributed by atoms with Crippen LogP contribution in [0.5, 0.6) is 0 Å². The second kappa shape index (κ2) is 4.91. The summed E-state index contributed by atoms with van der Waals surface area (Å²) in [5, 5.41) is 8.85. The van der Waals surface area contributed by atoms with Crippen molar-refractivity contribution in [1.82, 2.24) is 0 Å². The highest BCUT2D eigenvalue weighted by molar-refractivity contribution is 7.99. The van der Waals surface area contributed by atoms with Gasteiger partial charge in [-0.3, -0.25) is 4.79 Å². The summed E-state index contributed by atoms with van der Waals surface area (Å²) in [5.41, 5.74) is 1.41. The maximum Gasteiger partial charge on any atom is 0.306 e. The van der Waals surface area contributed by atoms with Gasteiger partial charge in [-0.1, -0.05) is 25.1 Å². The summed E-state index contributed by atoms with van der Waals surface area (Å²) in [6.45, 7) is 1.79. The number of hydrogen-bond donors (Lipinski definition) is 1. The predicted octanol–water partition coefficient (Wildman–Crippen LogP) is 3.38.